The van der Waals surface area contributed by atoms with E-state index < -0.39 is 15.9 Å². The monoisotopic (exact) mass is 372 g/mol. The molecule has 0 saturated heterocycles. The van der Waals surface area contributed by atoms with E-state index in [0.29, 0.717) is 15.7 Å². The van der Waals surface area contributed by atoms with E-state index in [-0.39, 0.29) is 11.4 Å². The molecule has 0 radical (unpaired) electrons. The van der Waals surface area contributed by atoms with Gasteiger partial charge in [0.05, 0.1) is 22.2 Å². The van der Waals surface area contributed by atoms with Gasteiger partial charge in [-0.3, -0.25) is 4.79 Å². The number of nitrogens with zero attached hydrogens (tertiary/aromatic N) is 1. The van der Waals surface area contributed by atoms with Crippen molar-refractivity contribution in [3.8, 4) is 0 Å². The van der Waals surface area contributed by atoms with Gasteiger partial charge in [-0.1, -0.05) is 35.3 Å². The fraction of sp³-hybridized carbons (Fsp3) is 0.133. The molecule has 0 atom stereocenters. The van der Waals surface area contributed by atoms with Crippen molar-refractivity contribution < 1.29 is 13.2 Å². The molecule has 2 aromatic rings. The first kappa shape index (κ1) is 17.7. The van der Waals surface area contributed by atoms with E-state index in [1.807, 2.05) is 0 Å². The van der Waals surface area contributed by atoms with E-state index in [1.165, 1.54) is 31.3 Å². The Morgan fingerprint density at radius 3 is 2.30 bits per heavy atom. The molecule has 0 aromatic heterocycles. The second kappa shape index (κ2) is 7.31. The molecule has 0 heterocycles. The molecule has 5 nitrogen and oxygen atoms in total. The quantitative estimate of drug-likeness (QED) is 0.875. The van der Waals surface area contributed by atoms with Crippen LogP contribution in [0.4, 0.5) is 5.69 Å². The molecule has 2 aromatic carbocycles. The number of hydrogen-bond acceptors (Lipinski definition) is 3. The number of para-hydroxylation sites is 1. The summed E-state index contributed by atoms with van der Waals surface area (Å²) in [7, 11) is -2.44. The maximum absolute atomic E-state index is 12.4. The van der Waals surface area contributed by atoms with Gasteiger partial charge in [0, 0.05) is 12.1 Å². The first-order valence-electron chi connectivity index (χ1n) is 6.57. The number of carbonyl (C=O) groups excluding carboxylic acids is 1. The average molecular weight is 373 g/mol. The minimum absolute atomic E-state index is 0.0648. The van der Waals surface area contributed by atoms with Gasteiger partial charge in [0.1, 0.15) is 0 Å². The van der Waals surface area contributed by atoms with Gasteiger partial charge in [0.2, 0.25) is 15.9 Å². The van der Waals surface area contributed by atoms with E-state index in [4.69, 9.17) is 23.2 Å². The van der Waals surface area contributed by atoms with Gasteiger partial charge in [-0.25, -0.2) is 8.42 Å². The lowest BCUT2D eigenvalue weighted by atomic mass is 10.3. The van der Waals surface area contributed by atoms with Crippen molar-refractivity contribution in [1.29, 1.82) is 0 Å². The van der Waals surface area contributed by atoms with E-state index in [1.54, 1.807) is 24.3 Å². The van der Waals surface area contributed by atoms with Crippen LogP contribution in [-0.4, -0.2) is 32.2 Å². The molecule has 122 valence electrons. The Morgan fingerprint density at radius 2 is 1.70 bits per heavy atom. The number of amides is 1. The lowest BCUT2D eigenvalue weighted by Gasteiger charge is -2.17. The van der Waals surface area contributed by atoms with Crippen LogP contribution in [0.2, 0.25) is 10.0 Å². The summed E-state index contributed by atoms with van der Waals surface area (Å²) in [5.74, 6) is -0.488. The maximum Gasteiger partial charge on any atom is 0.243 e. The summed E-state index contributed by atoms with van der Waals surface area (Å²) in [4.78, 5) is 12.1. The molecular weight excluding hydrogens is 359 g/mol. The number of anilines is 1. The summed E-state index contributed by atoms with van der Waals surface area (Å²) in [6, 6.07) is 12.4. The van der Waals surface area contributed by atoms with Crippen molar-refractivity contribution in [2.45, 2.75) is 4.90 Å². The van der Waals surface area contributed by atoms with Crippen molar-refractivity contribution in [2.75, 3.05) is 18.9 Å². The fourth-order valence-corrected chi connectivity index (χ4v) is 3.26. The predicted octanol–water partition coefficient (Wildman–Crippen LogP) is 3.25. The van der Waals surface area contributed by atoms with Gasteiger partial charge in [-0.05, 0) is 36.4 Å². The smallest absolute Gasteiger partial charge is 0.243 e. The van der Waals surface area contributed by atoms with E-state index >= 15 is 0 Å². The number of benzene rings is 2. The molecule has 0 unspecified atom stereocenters. The van der Waals surface area contributed by atoms with E-state index in [2.05, 4.69) is 5.32 Å². The van der Waals surface area contributed by atoms with Crippen LogP contribution >= 0.6 is 23.2 Å². The van der Waals surface area contributed by atoms with Crippen molar-refractivity contribution in [2.24, 2.45) is 0 Å². The zero-order chi connectivity index (χ0) is 17.0. The molecule has 2 rings (SSSR count). The average Bonchev–Trinajstić information content (AvgIpc) is 2.50. The standard InChI is InChI=1S/C15H14Cl2N2O3S/c1-19(23(21,22)12-8-6-11(16)7-9-12)10-15(20)18-14-5-3-2-4-13(14)17/h2-9H,10H2,1H3,(H,18,20). The lowest BCUT2D eigenvalue weighted by Crippen LogP contribution is -2.35. The normalized spacial score (nSPS) is 11.5. The topological polar surface area (TPSA) is 66.5 Å². The first-order valence-corrected chi connectivity index (χ1v) is 8.76. The van der Waals surface area contributed by atoms with Crippen molar-refractivity contribution >= 4 is 44.8 Å². The molecule has 0 aliphatic carbocycles. The van der Waals surface area contributed by atoms with Crippen molar-refractivity contribution in [3.05, 3.63) is 58.6 Å². The van der Waals surface area contributed by atoms with Crippen molar-refractivity contribution in [1.82, 2.24) is 4.31 Å². The van der Waals surface area contributed by atoms with E-state index in [0.717, 1.165) is 4.31 Å². The van der Waals surface area contributed by atoms with Crippen LogP contribution in [-0.2, 0) is 14.8 Å². The summed E-state index contributed by atoms with van der Waals surface area (Å²) in [5.41, 5.74) is 0.427. The second-order valence-corrected chi connectivity index (χ2v) is 7.63. The van der Waals surface area contributed by atoms with Crippen LogP contribution in [0.3, 0.4) is 0 Å². The van der Waals surface area contributed by atoms with Crippen LogP contribution in [0.5, 0.6) is 0 Å². The number of rotatable bonds is 5. The summed E-state index contributed by atoms with van der Waals surface area (Å²) < 4.78 is 25.7. The number of halogens is 2. The second-order valence-electron chi connectivity index (χ2n) is 4.74. The highest BCUT2D eigenvalue weighted by Gasteiger charge is 2.23. The maximum atomic E-state index is 12.4. The molecular formula is C15H14Cl2N2O3S. The summed E-state index contributed by atoms with van der Waals surface area (Å²) in [6.45, 7) is -0.337. The first-order chi connectivity index (χ1) is 10.8. The predicted molar refractivity (Wildman–Crippen MR) is 91.3 cm³/mol. The van der Waals surface area contributed by atoms with Crippen LogP contribution in [0.15, 0.2) is 53.4 Å². The molecule has 0 fully saturated rings. The molecule has 1 amide bonds. The van der Waals surface area contributed by atoms with Gasteiger partial charge >= 0.3 is 0 Å². The van der Waals surface area contributed by atoms with Gasteiger partial charge in [-0.2, -0.15) is 4.31 Å². The highest BCUT2D eigenvalue weighted by atomic mass is 35.5. The summed E-state index contributed by atoms with van der Waals surface area (Å²) >= 11 is 11.7. The Labute approximate surface area is 144 Å². The molecule has 0 spiro atoms. The van der Waals surface area contributed by atoms with Crippen LogP contribution in [0, 0.1) is 0 Å². The number of hydrogen-bond donors (Lipinski definition) is 1. The molecule has 0 aliphatic heterocycles. The van der Waals surface area contributed by atoms with Gasteiger partial charge < -0.3 is 5.32 Å². The van der Waals surface area contributed by atoms with Crippen LogP contribution in [0.1, 0.15) is 0 Å². The van der Waals surface area contributed by atoms with Crippen LogP contribution in [0.25, 0.3) is 0 Å². The van der Waals surface area contributed by atoms with Gasteiger partial charge in [-0.15, -0.1) is 0 Å². The minimum atomic E-state index is -3.77. The third kappa shape index (κ3) is 4.45. The summed E-state index contributed by atoms with van der Waals surface area (Å²) in [6.07, 6.45) is 0. The zero-order valence-corrected chi connectivity index (χ0v) is 14.5. The van der Waals surface area contributed by atoms with Gasteiger partial charge in [0.25, 0.3) is 0 Å². The van der Waals surface area contributed by atoms with Crippen molar-refractivity contribution in [3.63, 3.8) is 0 Å². The number of sulfonamides is 1. The SMILES string of the molecule is CN(CC(=O)Nc1ccccc1Cl)S(=O)(=O)c1ccc(Cl)cc1. The fourth-order valence-electron chi connectivity index (χ4n) is 1.83. The largest absolute Gasteiger partial charge is 0.324 e. The van der Waals surface area contributed by atoms with Gasteiger partial charge in [0.15, 0.2) is 0 Å². The highest BCUT2D eigenvalue weighted by Crippen LogP contribution is 2.21. The molecule has 23 heavy (non-hydrogen) atoms. The molecule has 0 bridgehead atoms. The third-order valence-corrected chi connectivity index (χ3v) is 5.44. The highest BCUT2D eigenvalue weighted by molar-refractivity contribution is 7.89. The number of nitrogens with one attached hydrogen (secondary N) is 1. The Morgan fingerprint density at radius 1 is 1.09 bits per heavy atom. The molecule has 0 aliphatic rings. The molecule has 8 heteroatoms. The minimum Gasteiger partial charge on any atom is -0.324 e. The van der Waals surface area contributed by atoms with E-state index in [9.17, 15) is 13.2 Å². The Hall–Kier alpha value is -1.60. The number of likely N-dealkylation sites (N-methyl/N-ethyl adjacent to an activating group) is 1. The van der Waals surface area contributed by atoms with Crippen LogP contribution < -0.4 is 5.32 Å². The lowest BCUT2D eigenvalue weighted by molar-refractivity contribution is -0.116. The Kier molecular flexibility index (Phi) is 5.64. The molecule has 1 N–H and O–H groups in total. The zero-order valence-electron chi connectivity index (χ0n) is 12.2. The summed E-state index contributed by atoms with van der Waals surface area (Å²) in [5, 5.41) is 3.39. The Bertz CT molecular complexity index is 808. The number of carbonyl (C=O) groups is 1. The molecule has 0 saturated carbocycles. The Balaban J connectivity index is 2.08. The third-order valence-electron chi connectivity index (χ3n) is 3.04.